The highest BCUT2D eigenvalue weighted by Crippen LogP contribution is 2.26. The number of carbonyl (C=O) groups excluding carboxylic acids is 1. The summed E-state index contributed by atoms with van der Waals surface area (Å²) >= 11 is 0. The summed E-state index contributed by atoms with van der Waals surface area (Å²) in [5.41, 5.74) is 2.45. The molecule has 0 aliphatic carbocycles. The summed E-state index contributed by atoms with van der Waals surface area (Å²) in [7, 11) is 0. The Hall–Kier alpha value is -4.07. The van der Waals surface area contributed by atoms with Gasteiger partial charge in [0.2, 0.25) is 5.89 Å². The lowest BCUT2D eigenvalue weighted by molar-refractivity contribution is -0.384. The van der Waals surface area contributed by atoms with Crippen molar-refractivity contribution in [1.82, 2.24) is 9.97 Å². The molecule has 2 aromatic heterocycles. The summed E-state index contributed by atoms with van der Waals surface area (Å²) < 4.78 is 5.70. The molecular formula is C19H12N4O4. The van der Waals surface area contributed by atoms with Crippen molar-refractivity contribution in [3.05, 3.63) is 82.7 Å². The predicted molar refractivity (Wildman–Crippen MR) is 98.3 cm³/mol. The summed E-state index contributed by atoms with van der Waals surface area (Å²) in [6.45, 7) is 0. The number of nitro groups is 1. The van der Waals surface area contributed by atoms with E-state index in [1.54, 1.807) is 36.7 Å². The molecule has 0 unspecified atom stereocenters. The Balaban J connectivity index is 1.60. The molecule has 2 aromatic carbocycles. The standard InChI is InChI=1S/C19H12N4O4/c24-18(12-3-1-5-15(9-12)23(25)26)21-14-6-7-17-16(10-14)22-19(27-17)13-4-2-8-20-11-13/h1-11H,(H,21,24). The second-order valence-electron chi connectivity index (χ2n) is 5.70. The van der Waals surface area contributed by atoms with Crippen molar-refractivity contribution in [1.29, 1.82) is 0 Å². The molecule has 0 radical (unpaired) electrons. The number of pyridine rings is 1. The van der Waals surface area contributed by atoms with E-state index in [-0.39, 0.29) is 11.3 Å². The molecule has 2 heterocycles. The van der Waals surface area contributed by atoms with Gasteiger partial charge in [0.15, 0.2) is 5.58 Å². The van der Waals surface area contributed by atoms with Gasteiger partial charge < -0.3 is 9.73 Å². The van der Waals surface area contributed by atoms with Crippen LogP contribution < -0.4 is 5.32 Å². The van der Waals surface area contributed by atoms with E-state index < -0.39 is 10.8 Å². The van der Waals surface area contributed by atoms with E-state index in [4.69, 9.17) is 4.42 Å². The first-order chi connectivity index (χ1) is 13.1. The molecule has 1 amide bonds. The first-order valence-corrected chi connectivity index (χ1v) is 7.97. The highest BCUT2D eigenvalue weighted by atomic mass is 16.6. The zero-order valence-electron chi connectivity index (χ0n) is 13.8. The average Bonchev–Trinajstić information content (AvgIpc) is 3.12. The molecule has 1 N–H and O–H groups in total. The second kappa shape index (κ2) is 6.68. The minimum atomic E-state index is -0.543. The summed E-state index contributed by atoms with van der Waals surface area (Å²) in [5, 5.41) is 13.6. The smallest absolute Gasteiger partial charge is 0.270 e. The van der Waals surface area contributed by atoms with E-state index in [1.807, 2.05) is 6.07 Å². The van der Waals surface area contributed by atoms with Crippen LogP contribution in [0.1, 0.15) is 10.4 Å². The molecule has 0 bridgehead atoms. The lowest BCUT2D eigenvalue weighted by Gasteiger charge is -2.04. The number of nitro benzene ring substituents is 1. The summed E-state index contributed by atoms with van der Waals surface area (Å²) in [6.07, 6.45) is 3.31. The number of hydrogen-bond donors (Lipinski definition) is 1. The zero-order chi connectivity index (χ0) is 18.8. The van der Waals surface area contributed by atoms with Gasteiger partial charge in [0.1, 0.15) is 5.52 Å². The van der Waals surface area contributed by atoms with E-state index in [0.29, 0.717) is 22.7 Å². The normalized spacial score (nSPS) is 10.7. The molecule has 4 aromatic rings. The van der Waals surface area contributed by atoms with Crippen LogP contribution in [0.3, 0.4) is 0 Å². The Kier molecular flexibility index (Phi) is 4.06. The maximum absolute atomic E-state index is 12.4. The Labute approximate surface area is 152 Å². The molecule has 0 fully saturated rings. The topological polar surface area (TPSA) is 111 Å². The lowest BCUT2D eigenvalue weighted by atomic mass is 10.2. The van der Waals surface area contributed by atoms with Gasteiger partial charge in [0.05, 0.1) is 10.5 Å². The van der Waals surface area contributed by atoms with Gasteiger partial charge in [-0.25, -0.2) is 4.98 Å². The fourth-order valence-corrected chi connectivity index (χ4v) is 2.58. The zero-order valence-corrected chi connectivity index (χ0v) is 13.8. The van der Waals surface area contributed by atoms with Crippen LogP contribution in [-0.2, 0) is 0 Å². The van der Waals surface area contributed by atoms with Crippen molar-refractivity contribution in [2.24, 2.45) is 0 Å². The van der Waals surface area contributed by atoms with Crippen LogP contribution in [0.2, 0.25) is 0 Å². The van der Waals surface area contributed by atoms with Crippen molar-refractivity contribution in [3.63, 3.8) is 0 Å². The lowest BCUT2D eigenvalue weighted by Crippen LogP contribution is -2.12. The molecule has 0 aliphatic rings. The van der Waals surface area contributed by atoms with E-state index in [9.17, 15) is 14.9 Å². The Morgan fingerprint density at radius 3 is 2.78 bits per heavy atom. The highest BCUT2D eigenvalue weighted by Gasteiger charge is 2.13. The minimum absolute atomic E-state index is 0.143. The quantitative estimate of drug-likeness (QED) is 0.434. The summed E-state index contributed by atoms with van der Waals surface area (Å²) in [5.74, 6) is -0.0192. The minimum Gasteiger partial charge on any atom is -0.436 e. The number of rotatable bonds is 4. The molecule has 0 spiro atoms. The molecule has 4 rings (SSSR count). The molecule has 0 aliphatic heterocycles. The van der Waals surface area contributed by atoms with Crippen LogP contribution in [0.5, 0.6) is 0 Å². The van der Waals surface area contributed by atoms with Crippen LogP contribution in [0, 0.1) is 10.1 Å². The maximum atomic E-state index is 12.4. The SMILES string of the molecule is O=C(Nc1ccc2oc(-c3cccnc3)nc2c1)c1cccc([N+](=O)[O-])c1. The number of non-ortho nitro benzene ring substituents is 1. The molecule has 0 saturated carbocycles. The fraction of sp³-hybridized carbons (Fsp3) is 0. The van der Waals surface area contributed by atoms with Crippen molar-refractivity contribution >= 4 is 28.4 Å². The van der Waals surface area contributed by atoms with Crippen molar-refractivity contribution in [2.75, 3.05) is 5.32 Å². The maximum Gasteiger partial charge on any atom is 0.270 e. The third kappa shape index (κ3) is 3.36. The number of benzene rings is 2. The Morgan fingerprint density at radius 2 is 2.00 bits per heavy atom. The first kappa shape index (κ1) is 16.4. The molecule has 27 heavy (non-hydrogen) atoms. The van der Waals surface area contributed by atoms with Crippen LogP contribution >= 0.6 is 0 Å². The largest absolute Gasteiger partial charge is 0.436 e. The van der Waals surface area contributed by atoms with Crippen LogP contribution in [0.4, 0.5) is 11.4 Å². The molecule has 0 atom stereocenters. The summed E-state index contributed by atoms with van der Waals surface area (Å²) in [6, 6.07) is 14.2. The number of carbonyl (C=O) groups is 1. The molecular weight excluding hydrogens is 348 g/mol. The number of aromatic nitrogens is 2. The number of hydrogen-bond acceptors (Lipinski definition) is 6. The van der Waals surface area contributed by atoms with Gasteiger partial charge in [0.25, 0.3) is 11.6 Å². The van der Waals surface area contributed by atoms with Gasteiger partial charge in [-0.05, 0) is 36.4 Å². The van der Waals surface area contributed by atoms with Crippen LogP contribution in [0.15, 0.2) is 71.4 Å². The number of fused-ring (bicyclic) bond motifs is 1. The van der Waals surface area contributed by atoms with Crippen molar-refractivity contribution in [3.8, 4) is 11.5 Å². The van der Waals surface area contributed by atoms with Gasteiger partial charge in [-0.3, -0.25) is 19.9 Å². The van der Waals surface area contributed by atoms with E-state index >= 15 is 0 Å². The average molecular weight is 360 g/mol. The number of amides is 1. The molecule has 8 nitrogen and oxygen atoms in total. The monoisotopic (exact) mass is 360 g/mol. The van der Waals surface area contributed by atoms with Gasteiger partial charge >= 0.3 is 0 Å². The number of nitrogens with zero attached hydrogens (tertiary/aromatic N) is 3. The predicted octanol–water partition coefficient (Wildman–Crippen LogP) is 4.05. The molecule has 132 valence electrons. The van der Waals surface area contributed by atoms with Crippen molar-refractivity contribution < 1.29 is 14.1 Å². The third-order valence-corrected chi connectivity index (χ3v) is 3.87. The number of nitrogens with one attached hydrogen (secondary N) is 1. The Morgan fingerprint density at radius 1 is 1.11 bits per heavy atom. The first-order valence-electron chi connectivity index (χ1n) is 7.97. The van der Waals surface area contributed by atoms with Gasteiger partial charge in [-0.1, -0.05) is 6.07 Å². The molecule has 8 heteroatoms. The van der Waals surface area contributed by atoms with E-state index in [2.05, 4.69) is 15.3 Å². The van der Waals surface area contributed by atoms with Gasteiger partial charge in [-0.15, -0.1) is 0 Å². The van der Waals surface area contributed by atoms with Crippen LogP contribution in [0.25, 0.3) is 22.6 Å². The summed E-state index contributed by atoms with van der Waals surface area (Å²) in [4.78, 5) is 31.1. The second-order valence-corrected chi connectivity index (χ2v) is 5.70. The van der Waals surface area contributed by atoms with Gasteiger partial charge in [0, 0.05) is 35.8 Å². The highest BCUT2D eigenvalue weighted by molar-refractivity contribution is 6.05. The Bertz CT molecular complexity index is 1150. The van der Waals surface area contributed by atoms with E-state index in [1.165, 1.54) is 24.3 Å². The number of oxazole rings is 1. The third-order valence-electron chi connectivity index (χ3n) is 3.87. The fourth-order valence-electron chi connectivity index (χ4n) is 2.58. The van der Waals surface area contributed by atoms with Gasteiger partial charge in [-0.2, -0.15) is 0 Å². The van der Waals surface area contributed by atoms with E-state index in [0.717, 1.165) is 5.56 Å². The van der Waals surface area contributed by atoms with Crippen LogP contribution in [-0.4, -0.2) is 20.8 Å². The molecule has 0 saturated heterocycles. The van der Waals surface area contributed by atoms with Crippen molar-refractivity contribution in [2.45, 2.75) is 0 Å². The number of anilines is 1.